The number of aliphatic hydroxyl groups excluding tert-OH is 1. The Kier molecular flexibility index (Phi) is 4.96. The highest BCUT2D eigenvalue weighted by atomic mass is 16.5. The van der Waals surface area contributed by atoms with E-state index in [0.717, 1.165) is 5.56 Å². The van der Waals surface area contributed by atoms with Crippen LogP contribution in [0, 0.1) is 0 Å². The maximum atomic E-state index is 9.58. The minimum absolute atomic E-state index is 0.0122. The molecule has 0 aliphatic heterocycles. The Balaban J connectivity index is 2.20. The maximum Gasteiger partial charge on any atom is 0.169 e. The average Bonchev–Trinajstić information content (AvgIpc) is 2.46. The van der Waals surface area contributed by atoms with Gasteiger partial charge in [0.1, 0.15) is 0 Å². The highest BCUT2D eigenvalue weighted by molar-refractivity contribution is 5.51. The van der Waals surface area contributed by atoms with Crippen LogP contribution in [-0.2, 0) is 0 Å². The predicted octanol–water partition coefficient (Wildman–Crippen LogP) is 3.01. The summed E-state index contributed by atoms with van der Waals surface area (Å²) < 4.78 is 5.72. The first-order chi connectivity index (χ1) is 9.70. The summed E-state index contributed by atoms with van der Waals surface area (Å²) in [5.41, 5.74) is 1.01. The van der Waals surface area contributed by atoms with Gasteiger partial charge >= 0.3 is 0 Å². The molecule has 0 aliphatic carbocycles. The van der Waals surface area contributed by atoms with Crippen LogP contribution in [0.1, 0.15) is 25.5 Å². The standard InChI is InChI=1S/C16H20N2O2/c1-12(2)20-15-9-6-10-17-16(15)18-14(11-19)13-7-4-3-5-8-13/h3-10,12,14,19H,11H2,1-2H3,(H,17,18). The molecular formula is C16H20N2O2. The zero-order valence-corrected chi connectivity index (χ0v) is 11.8. The Bertz CT molecular complexity index is 529. The Morgan fingerprint density at radius 1 is 1.15 bits per heavy atom. The number of ether oxygens (including phenoxy) is 1. The summed E-state index contributed by atoms with van der Waals surface area (Å²) >= 11 is 0. The second kappa shape index (κ2) is 6.91. The summed E-state index contributed by atoms with van der Waals surface area (Å²) in [7, 11) is 0. The van der Waals surface area contributed by atoms with Crippen LogP contribution in [0.15, 0.2) is 48.7 Å². The van der Waals surface area contributed by atoms with Gasteiger partial charge in [-0.25, -0.2) is 4.98 Å². The van der Waals surface area contributed by atoms with Crippen molar-refractivity contribution in [1.82, 2.24) is 4.98 Å². The van der Waals surface area contributed by atoms with E-state index >= 15 is 0 Å². The second-order valence-corrected chi connectivity index (χ2v) is 4.81. The molecule has 0 bridgehead atoms. The van der Waals surface area contributed by atoms with Crippen molar-refractivity contribution in [1.29, 1.82) is 0 Å². The largest absolute Gasteiger partial charge is 0.487 e. The van der Waals surface area contributed by atoms with Gasteiger partial charge in [0.05, 0.1) is 18.8 Å². The molecule has 2 N–H and O–H groups in total. The predicted molar refractivity (Wildman–Crippen MR) is 79.9 cm³/mol. The number of nitrogens with one attached hydrogen (secondary N) is 1. The molecule has 0 aliphatic rings. The van der Waals surface area contributed by atoms with E-state index in [1.807, 2.05) is 56.3 Å². The highest BCUT2D eigenvalue weighted by Gasteiger charge is 2.14. The zero-order chi connectivity index (χ0) is 14.4. The molecule has 0 saturated carbocycles. The second-order valence-electron chi connectivity index (χ2n) is 4.81. The first-order valence-electron chi connectivity index (χ1n) is 6.74. The fraction of sp³-hybridized carbons (Fsp3) is 0.312. The summed E-state index contributed by atoms with van der Waals surface area (Å²) in [6.07, 6.45) is 1.78. The van der Waals surface area contributed by atoms with Crippen molar-refractivity contribution in [3.8, 4) is 5.75 Å². The van der Waals surface area contributed by atoms with Crippen molar-refractivity contribution < 1.29 is 9.84 Å². The van der Waals surface area contributed by atoms with E-state index in [1.54, 1.807) is 6.20 Å². The van der Waals surface area contributed by atoms with Crippen molar-refractivity contribution in [2.75, 3.05) is 11.9 Å². The van der Waals surface area contributed by atoms with Crippen LogP contribution in [0.2, 0.25) is 0 Å². The van der Waals surface area contributed by atoms with Gasteiger partial charge in [-0.05, 0) is 31.5 Å². The van der Waals surface area contributed by atoms with Gasteiger partial charge < -0.3 is 15.2 Å². The monoisotopic (exact) mass is 272 g/mol. The third kappa shape index (κ3) is 3.71. The summed E-state index contributed by atoms with van der Waals surface area (Å²) in [4.78, 5) is 4.30. The Labute approximate surface area is 119 Å². The van der Waals surface area contributed by atoms with Gasteiger partial charge in [-0.2, -0.15) is 0 Å². The SMILES string of the molecule is CC(C)Oc1cccnc1NC(CO)c1ccccc1. The molecule has 106 valence electrons. The minimum Gasteiger partial charge on any atom is -0.487 e. The van der Waals surface area contributed by atoms with Crippen molar-refractivity contribution in [2.24, 2.45) is 0 Å². The third-order valence-electron chi connectivity index (χ3n) is 2.83. The molecule has 2 aromatic rings. The van der Waals surface area contributed by atoms with Crippen LogP contribution in [-0.4, -0.2) is 22.8 Å². The van der Waals surface area contributed by atoms with Crippen molar-refractivity contribution in [2.45, 2.75) is 26.0 Å². The van der Waals surface area contributed by atoms with E-state index in [-0.39, 0.29) is 18.8 Å². The van der Waals surface area contributed by atoms with Crippen LogP contribution < -0.4 is 10.1 Å². The van der Waals surface area contributed by atoms with Crippen LogP contribution in [0.4, 0.5) is 5.82 Å². The lowest BCUT2D eigenvalue weighted by Gasteiger charge is -2.20. The van der Waals surface area contributed by atoms with Gasteiger partial charge in [0, 0.05) is 6.20 Å². The molecule has 20 heavy (non-hydrogen) atoms. The number of aromatic nitrogens is 1. The highest BCUT2D eigenvalue weighted by Crippen LogP contribution is 2.26. The maximum absolute atomic E-state index is 9.58. The fourth-order valence-corrected chi connectivity index (χ4v) is 1.93. The molecule has 4 heteroatoms. The Hall–Kier alpha value is -2.07. The minimum atomic E-state index is -0.208. The summed E-state index contributed by atoms with van der Waals surface area (Å²) in [6.45, 7) is 3.93. The number of pyridine rings is 1. The van der Waals surface area contributed by atoms with Crippen molar-refractivity contribution >= 4 is 5.82 Å². The molecule has 2 rings (SSSR count). The van der Waals surface area contributed by atoms with Gasteiger partial charge in [0.25, 0.3) is 0 Å². The Morgan fingerprint density at radius 3 is 2.55 bits per heavy atom. The normalized spacial score (nSPS) is 12.2. The van der Waals surface area contributed by atoms with Crippen molar-refractivity contribution in [3.05, 3.63) is 54.2 Å². The van der Waals surface area contributed by atoms with Crippen LogP contribution in [0.5, 0.6) is 5.75 Å². The molecule has 0 saturated heterocycles. The molecule has 1 atom stereocenters. The average molecular weight is 272 g/mol. The number of hydrogen-bond donors (Lipinski definition) is 2. The smallest absolute Gasteiger partial charge is 0.169 e. The van der Waals surface area contributed by atoms with Crippen LogP contribution in [0.25, 0.3) is 0 Å². The zero-order valence-electron chi connectivity index (χ0n) is 11.8. The molecular weight excluding hydrogens is 252 g/mol. The molecule has 0 radical (unpaired) electrons. The molecule has 0 amide bonds. The Morgan fingerprint density at radius 2 is 1.90 bits per heavy atom. The molecule has 1 aromatic heterocycles. The molecule has 0 spiro atoms. The van der Waals surface area contributed by atoms with Gasteiger partial charge in [-0.1, -0.05) is 30.3 Å². The lowest BCUT2D eigenvalue weighted by Crippen LogP contribution is -2.17. The third-order valence-corrected chi connectivity index (χ3v) is 2.83. The number of nitrogens with zero attached hydrogens (tertiary/aromatic N) is 1. The topological polar surface area (TPSA) is 54.4 Å². The van der Waals surface area contributed by atoms with E-state index < -0.39 is 0 Å². The number of benzene rings is 1. The summed E-state index contributed by atoms with van der Waals surface area (Å²) in [5, 5.41) is 12.8. The van der Waals surface area contributed by atoms with Gasteiger partial charge in [-0.15, -0.1) is 0 Å². The van der Waals surface area contributed by atoms with Gasteiger partial charge in [0.15, 0.2) is 11.6 Å². The van der Waals surface area contributed by atoms with E-state index in [9.17, 15) is 5.11 Å². The van der Waals surface area contributed by atoms with Crippen LogP contribution >= 0.6 is 0 Å². The van der Waals surface area contributed by atoms with E-state index in [2.05, 4.69) is 10.3 Å². The summed E-state index contributed by atoms with van der Waals surface area (Å²) in [5.74, 6) is 1.33. The number of hydrogen-bond acceptors (Lipinski definition) is 4. The number of anilines is 1. The molecule has 1 heterocycles. The number of aliphatic hydroxyl groups is 1. The van der Waals surface area contributed by atoms with E-state index in [4.69, 9.17) is 4.74 Å². The first-order valence-corrected chi connectivity index (χ1v) is 6.74. The molecule has 1 aromatic carbocycles. The van der Waals surface area contributed by atoms with Gasteiger partial charge in [0.2, 0.25) is 0 Å². The van der Waals surface area contributed by atoms with E-state index in [1.165, 1.54) is 0 Å². The van der Waals surface area contributed by atoms with Crippen LogP contribution in [0.3, 0.4) is 0 Å². The van der Waals surface area contributed by atoms with E-state index in [0.29, 0.717) is 11.6 Å². The van der Waals surface area contributed by atoms with Crippen molar-refractivity contribution in [3.63, 3.8) is 0 Å². The lowest BCUT2D eigenvalue weighted by atomic mass is 10.1. The quantitative estimate of drug-likeness (QED) is 0.848. The molecule has 0 fully saturated rings. The molecule has 4 nitrogen and oxygen atoms in total. The van der Waals surface area contributed by atoms with Gasteiger partial charge in [-0.3, -0.25) is 0 Å². The first kappa shape index (κ1) is 14.3. The number of rotatable bonds is 6. The fourth-order valence-electron chi connectivity index (χ4n) is 1.93. The summed E-state index contributed by atoms with van der Waals surface area (Å²) in [6, 6.07) is 13.3. The molecule has 1 unspecified atom stereocenters. The lowest BCUT2D eigenvalue weighted by molar-refractivity contribution is 0.241.